The summed E-state index contributed by atoms with van der Waals surface area (Å²) >= 11 is 8.46. The van der Waals surface area contributed by atoms with E-state index in [1.807, 2.05) is 0 Å². The second kappa shape index (κ2) is 6.78. The summed E-state index contributed by atoms with van der Waals surface area (Å²) in [6.07, 6.45) is -4.72. The fraction of sp³-hybridized carbons (Fsp3) is 0.214. The summed E-state index contributed by atoms with van der Waals surface area (Å²) in [5, 5.41) is 8.54. The number of benzene rings is 1. The number of sulfonamides is 1. The van der Waals surface area contributed by atoms with Crippen molar-refractivity contribution >= 4 is 49.2 Å². The van der Waals surface area contributed by atoms with Crippen molar-refractivity contribution in [3.63, 3.8) is 0 Å². The number of carboxylic acid groups (broad SMARTS) is 1. The summed E-state index contributed by atoms with van der Waals surface area (Å²) in [6.45, 7) is 2.75. The van der Waals surface area contributed by atoms with E-state index in [4.69, 9.17) is 11.6 Å². The van der Waals surface area contributed by atoms with Crippen LogP contribution in [0.4, 0.5) is 18.9 Å². The molecule has 1 aromatic heterocycles. The lowest BCUT2D eigenvalue weighted by atomic mass is 10.2. The lowest BCUT2D eigenvalue weighted by Gasteiger charge is -2.14. The Balaban J connectivity index is 2.56. The zero-order valence-corrected chi connectivity index (χ0v) is 16.3. The van der Waals surface area contributed by atoms with Gasteiger partial charge in [-0.05, 0) is 41.9 Å². The van der Waals surface area contributed by atoms with Crippen molar-refractivity contribution in [3.8, 4) is 0 Å². The number of carboxylic acids is 1. The zero-order chi connectivity index (χ0) is 20.0. The zero-order valence-electron chi connectivity index (χ0n) is 13.1. The molecule has 0 atom stereocenters. The lowest BCUT2D eigenvalue weighted by Crippen LogP contribution is -2.17. The van der Waals surface area contributed by atoms with Gasteiger partial charge in [-0.25, -0.2) is 13.2 Å². The molecule has 142 valence electrons. The number of aromatic nitrogens is 1. The molecule has 0 amide bonds. The molecule has 2 rings (SSSR count). The van der Waals surface area contributed by atoms with Gasteiger partial charge in [0.15, 0.2) is 0 Å². The number of hydrogen-bond donors (Lipinski definition) is 3. The molecular formula is C14H11BrClF3N2O4S. The third-order valence-electron chi connectivity index (χ3n) is 3.41. The van der Waals surface area contributed by atoms with Crippen LogP contribution in [0.3, 0.4) is 0 Å². The third-order valence-corrected chi connectivity index (χ3v) is 5.91. The van der Waals surface area contributed by atoms with Crippen molar-refractivity contribution in [3.05, 3.63) is 44.1 Å². The molecule has 0 aliphatic carbocycles. The van der Waals surface area contributed by atoms with Gasteiger partial charge in [0.1, 0.15) is 10.5 Å². The molecule has 0 aliphatic heterocycles. The van der Waals surface area contributed by atoms with Crippen LogP contribution in [0.5, 0.6) is 0 Å². The van der Waals surface area contributed by atoms with Crippen molar-refractivity contribution in [2.45, 2.75) is 24.9 Å². The van der Waals surface area contributed by atoms with Gasteiger partial charge in [0.05, 0.1) is 16.3 Å². The minimum atomic E-state index is -4.72. The minimum absolute atomic E-state index is 0.0709. The van der Waals surface area contributed by atoms with Gasteiger partial charge in [-0.3, -0.25) is 4.72 Å². The maximum atomic E-state index is 12.8. The molecule has 1 heterocycles. The second-order valence-electron chi connectivity index (χ2n) is 5.30. The summed E-state index contributed by atoms with van der Waals surface area (Å²) in [4.78, 5) is 13.5. The topological polar surface area (TPSA) is 99.3 Å². The molecular weight excluding hydrogens is 465 g/mol. The summed E-state index contributed by atoms with van der Waals surface area (Å²) in [7, 11) is -4.42. The number of H-pyrrole nitrogens is 1. The van der Waals surface area contributed by atoms with Gasteiger partial charge in [-0.2, -0.15) is 13.2 Å². The van der Waals surface area contributed by atoms with Crippen LogP contribution in [0, 0.1) is 13.8 Å². The van der Waals surface area contributed by atoms with E-state index >= 15 is 0 Å². The first-order valence-electron chi connectivity index (χ1n) is 6.77. The third kappa shape index (κ3) is 3.84. The predicted octanol–water partition coefficient (Wildman–Crippen LogP) is 4.57. The molecule has 2 aromatic rings. The molecule has 1 aromatic carbocycles. The Morgan fingerprint density at radius 2 is 1.85 bits per heavy atom. The fourth-order valence-corrected chi connectivity index (χ4v) is 4.76. The Hall–Kier alpha value is -1.72. The highest BCUT2D eigenvalue weighted by atomic mass is 79.9. The van der Waals surface area contributed by atoms with Crippen molar-refractivity contribution in [2.24, 2.45) is 0 Å². The van der Waals surface area contributed by atoms with E-state index in [1.165, 1.54) is 13.8 Å². The summed E-state index contributed by atoms with van der Waals surface area (Å²) in [5.74, 6) is -1.46. The Morgan fingerprint density at radius 3 is 2.35 bits per heavy atom. The number of alkyl halides is 3. The first-order valence-corrected chi connectivity index (χ1v) is 9.42. The number of anilines is 1. The number of aryl methyl sites for hydroxylation is 2. The summed E-state index contributed by atoms with van der Waals surface area (Å²) < 4.78 is 65.6. The predicted molar refractivity (Wildman–Crippen MR) is 92.2 cm³/mol. The molecule has 0 saturated heterocycles. The first kappa shape index (κ1) is 20.6. The van der Waals surface area contributed by atoms with Gasteiger partial charge < -0.3 is 10.1 Å². The van der Waals surface area contributed by atoms with E-state index in [9.17, 15) is 31.5 Å². The molecule has 0 saturated carbocycles. The molecule has 12 heteroatoms. The number of carbonyl (C=O) groups is 1. The average Bonchev–Trinajstić information content (AvgIpc) is 2.76. The van der Waals surface area contributed by atoms with Gasteiger partial charge in [-0.1, -0.05) is 11.6 Å². The molecule has 6 nitrogen and oxygen atoms in total. The maximum absolute atomic E-state index is 12.8. The first-order chi connectivity index (χ1) is 11.8. The Morgan fingerprint density at radius 1 is 1.27 bits per heavy atom. The lowest BCUT2D eigenvalue weighted by molar-refractivity contribution is -0.137. The van der Waals surface area contributed by atoms with E-state index in [-0.39, 0.29) is 21.5 Å². The number of aromatic carboxylic acids is 1. The van der Waals surface area contributed by atoms with Gasteiger partial charge in [-0.15, -0.1) is 0 Å². The molecule has 0 radical (unpaired) electrons. The highest BCUT2D eigenvalue weighted by molar-refractivity contribution is 9.10. The largest absolute Gasteiger partial charge is 0.478 e. The standard InChI is InChI=1S/C14H11BrClF3N2O4S/c1-5-11(13(22)23)12(6(2)20-5)26(24,25)21-10-4-9(16)7(3-8(10)15)14(17,18)19/h3-4,20-21H,1-2H3,(H,22,23). The van der Waals surface area contributed by atoms with E-state index in [0.29, 0.717) is 6.07 Å². The SMILES string of the molecule is Cc1[nH]c(C)c(S(=O)(=O)Nc2cc(Cl)c(C(F)(F)F)cc2Br)c1C(=O)O. The highest BCUT2D eigenvalue weighted by Gasteiger charge is 2.35. The smallest absolute Gasteiger partial charge is 0.417 e. The molecule has 26 heavy (non-hydrogen) atoms. The van der Waals surface area contributed by atoms with Crippen LogP contribution >= 0.6 is 27.5 Å². The minimum Gasteiger partial charge on any atom is -0.478 e. The highest BCUT2D eigenvalue weighted by Crippen LogP contribution is 2.40. The van der Waals surface area contributed by atoms with Crippen LogP contribution < -0.4 is 4.72 Å². The fourth-order valence-electron chi connectivity index (χ4n) is 2.39. The van der Waals surface area contributed by atoms with Gasteiger partial charge in [0.2, 0.25) is 0 Å². The Bertz CT molecular complexity index is 1000. The van der Waals surface area contributed by atoms with E-state index in [0.717, 1.165) is 6.07 Å². The van der Waals surface area contributed by atoms with Crippen LogP contribution in [0.1, 0.15) is 27.3 Å². The quantitative estimate of drug-likeness (QED) is 0.603. The average molecular weight is 476 g/mol. The Labute approximate surface area is 159 Å². The van der Waals surface area contributed by atoms with Crippen molar-refractivity contribution < 1.29 is 31.5 Å². The molecule has 0 unspecified atom stereocenters. The second-order valence-corrected chi connectivity index (χ2v) is 8.18. The molecule has 0 aliphatic rings. The maximum Gasteiger partial charge on any atom is 0.417 e. The van der Waals surface area contributed by atoms with Gasteiger partial charge in [0.25, 0.3) is 10.0 Å². The van der Waals surface area contributed by atoms with Crippen LogP contribution in [-0.2, 0) is 16.2 Å². The molecule has 0 bridgehead atoms. The van der Waals surface area contributed by atoms with Crippen molar-refractivity contribution in [2.75, 3.05) is 4.72 Å². The van der Waals surface area contributed by atoms with E-state index in [2.05, 4.69) is 25.6 Å². The van der Waals surface area contributed by atoms with E-state index in [1.54, 1.807) is 0 Å². The van der Waals surface area contributed by atoms with Crippen LogP contribution in [0.15, 0.2) is 21.5 Å². The van der Waals surface area contributed by atoms with Crippen LogP contribution in [0.2, 0.25) is 5.02 Å². The monoisotopic (exact) mass is 474 g/mol. The van der Waals surface area contributed by atoms with Crippen LogP contribution in [-0.4, -0.2) is 24.5 Å². The Kier molecular flexibility index (Phi) is 5.37. The summed E-state index contributed by atoms with van der Waals surface area (Å²) in [5.41, 5.74) is -1.67. The van der Waals surface area contributed by atoms with Crippen molar-refractivity contribution in [1.82, 2.24) is 4.98 Å². The molecule has 0 fully saturated rings. The number of aromatic amines is 1. The van der Waals surface area contributed by atoms with Crippen molar-refractivity contribution in [1.29, 1.82) is 0 Å². The molecule has 3 N–H and O–H groups in total. The normalized spacial score (nSPS) is 12.3. The van der Waals surface area contributed by atoms with Gasteiger partial charge in [0, 0.05) is 15.9 Å². The number of rotatable bonds is 4. The van der Waals surface area contributed by atoms with Crippen LogP contribution in [0.25, 0.3) is 0 Å². The number of hydrogen-bond acceptors (Lipinski definition) is 3. The van der Waals surface area contributed by atoms with Gasteiger partial charge >= 0.3 is 12.1 Å². The number of halogens is 5. The molecule has 0 spiro atoms. The summed E-state index contributed by atoms with van der Waals surface area (Å²) in [6, 6.07) is 1.43. The number of nitrogens with one attached hydrogen (secondary N) is 2. The van der Waals surface area contributed by atoms with E-state index < -0.39 is 43.2 Å².